The SMILES string of the molecule is CCCCCC(=O)SCC(=O)OCC(=O)[C@]1(O)Cc2c(O)c3c(c(O)c2[C@@H](OC2CC(N)C(O)C(C)O2)C1)C(=O)c1c(OC)cccc1C3=O. The van der Waals surface area contributed by atoms with Crippen LogP contribution in [0.1, 0.15) is 101 Å². The number of carbonyl (C=O) groups excluding carboxylic acids is 5. The van der Waals surface area contributed by atoms with E-state index in [2.05, 4.69) is 0 Å². The van der Waals surface area contributed by atoms with Crippen molar-refractivity contribution in [3.8, 4) is 17.2 Å². The Morgan fingerprint density at radius 2 is 1.80 bits per heavy atom. The molecule has 0 amide bonds. The molecular formula is C35H41NO13S. The zero-order valence-corrected chi connectivity index (χ0v) is 28.7. The highest BCUT2D eigenvalue weighted by molar-refractivity contribution is 8.14. The molecule has 1 saturated heterocycles. The monoisotopic (exact) mass is 715 g/mol. The maximum Gasteiger partial charge on any atom is 0.316 e. The predicted octanol–water partition coefficient (Wildman–Crippen LogP) is 2.39. The van der Waals surface area contributed by atoms with Crippen molar-refractivity contribution >= 4 is 40.2 Å². The molecule has 14 nitrogen and oxygen atoms in total. The van der Waals surface area contributed by atoms with E-state index in [1.165, 1.54) is 25.3 Å². The molecule has 0 aromatic heterocycles. The number of methoxy groups -OCH3 is 1. The summed E-state index contributed by atoms with van der Waals surface area (Å²) >= 11 is 0.769. The van der Waals surface area contributed by atoms with Gasteiger partial charge in [-0.1, -0.05) is 43.7 Å². The average Bonchev–Trinajstić information content (AvgIpc) is 3.08. The van der Waals surface area contributed by atoms with Gasteiger partial charge in [-0.2, -0.15) is 0 Å². The lowest BCUT2D eigenvalue weighted by Gasteiger charge is -2.42. The van der Waals surface area contributed by atoms with Gasteiger partial charge in [-0.3, -0.25) is 24.0 Å². The Balaban J connectivity index is 1.48. The molecule has 4 unspecified atom stereocenters. The van der Waals surface area contributed by atoms with Crippen LogP contribution in [0.4, 0.5) is 0 Å². The molecular weight excluding hydrogens is 674 g/mol. The number of aliphatic hydroxyl groups excluding tert-OH is 1. The number of rotatable bonds is 12. The van der Waals surface area contributed by atoms with Gasteiger partial charge >= 0.3 is 5.97 Å². The van der Waals surface area contributed by atoms with Crippen molar-refractivity contribution in [2.45, 2.75) is 95.0 Å². The van der Waals surface area contributed by atoms with Crippen LogP contribution in [0.5, 0.6) is 17.2 Å². The van der Waals surface area contributed by atoms with E-state index >= 15 is 0 Å². The number of phenolic OH excluding ortho intramolecular Hbond substituents is 2. The van der Waals surface area contributed by atoms with Gasteiger partial charge in [0.15, 0.2) is 23.8 Å². The summed E-state index contributed by atoms with van der Waals surface area (Å²) in [6.07, 6.45) is -2.80. The molecule has 6 atom stereocenters. The minimum Gasteiger partial charge on any atom is -0.507 e. The van der Waals surface area contributed by atoms with Crippen molar-refractivity contribution in [2.75, 3.05) is 19.5 Å². The number of thioether (sulfide) groups is 1. The second kappa shape index (κ2) is 15.2. The van der Waals surface area contributed by atoms with Gasteiger partial charge < -0.3 is 45.1 Å². The third-order valence-electron chi connectivity index (χ3n) is 9.36. The fourth-order valence-corrected chi connectivity index (χ4v) is 7.31. The largest absolute Gasteiger partial charge is 0.507 e. The smallest absolute Gasteiger partial charge is 0.316 e. The molecule has 0 spiro atoms. The third kappa shape index (κ3) is 7.16. The first-order valence-electron chi connectivity index (χ1n) is 16.4. The highest BCUT2D eigenvalue weighted by atomic mass is 32.2. The van der Waals surface area contributed by atoms with Crippen LogP contribution in [0.15, 0.2) is 18.2 Å². The number of phenols is 2. The summed E-state index contributed by atoms with van der Waals surface area (Å²) in [7, 11) is 1.31. The highest BCUT2D eigenvalue weighted by Gasteiger charge is 2.50. The van der Waals surface area contributed by atoms with E-state index in [0.29, 0.717) is 12.8 Å². The molecule has 1 fully saturated rings. The highest BCUT2D eigenvalue weighted by Crippen LogP contribution is 2.52. The molecule has 1 aliphatic heterocycles. The lowest BCUT2D eigenvalue weighted by molar-refractivity contribution is -0.247. The number of fused-ring (bicyclic) bond motifs is 3. The van der Waals surface area contributed by atoms with Gasteiger partial charge in [0.25, 0.3) is 0 Å². The summed E-state index contributed by atoms with van der Waals surface area (Å²) < 4.78 is 22.3. The van der Waals surface area contributed by atoms with Crippen molar-refractivity contribution in [3.05, 3.63) is 51.6 Å². The molecule has 6 N–H and O–H groups in total. The van der Waals surface area contributed by atoms with Gasteiger partial charge in [-0.05, 0) is 19.4 Å². The van der Waals surface area contributed by atoms with Crippen molar-refractivity contribution < 1.29 is 63.3 Å². The van der Waals surface area contributed by atoms with Gasteiger partial charge in [0, 0.05) is 48.4 Å². The van der Waals surface area contributed by atoms with Gasteiger partial charge in [-0.25, -0.2) is 0 Å². The Labute approximate surface area is 292 Å². The van der Waals surface area contributed by atoms with Crippen LogP contribution in [-0.2, 0) is 35.0 Å². The summed E-state index contributed by atoms with van der Waals surface area (Å²) in [5.41, 5.74) is 2.08. The van der Waals surface area contributed by atoms with E-state index in [4.69, 9.17) is 24.7 Å². The normalized spacial score (nSPS) is 25.7. The molecule has 2 aromatic carbocycles. The quantitative estimate of drug-likeness (QED) is 0.103. The number of esters is 1. The van der Waals surface area contributed by atoms with Crippen molar-refractivity contribution in [1.29, 1.82) is 0 Å². The molecule has 3 aliphatic rings. The van der Waals surface area contributed by atoms with E-state index in [9.17, 15) is 44.4 Å². The Kier molecular flexibility index (Phi) is 11.3. The Bertz CT molecular complexity index is 1700. The summed E-state index contributed by atoms with van der Waals surface area (Å²) in [6, 6.07) is 3.54. The molecule has 0 radical (unpaired) electrons. The average molecular weight is 716 g/mol. The van der Waals surface area contributed by atoms with Gasteiger partial charge in [0.05, 0.1) is 47.9 Å². The van der Waals surface area contributed by atoms with Crippen LogP contribution in [0, 0.1) is 0 Å². The van der Waals surface area contributed by atoms with Crippen LogP contribution in [-0.4, -0.2) is 98.5 Å². The second-order valence-electron chi connectivity index (χ2n) is 12.8. The first kappa shape index (κ1) is 37.4. The van der Waals surface area contributed by atoms with E-state index < -0.39 is 102 Å². The Morgan fingerprint density at radius 1 is 1.08 bits per heavy atom. The summed E-state index contributed by atoms with van der Waals surface area (Å²) in [4.78, 5) is 65.6. The van der Waals surface area contributed by atoms with E-state index in [-0.39, 0.29) is 45.3 Å². The summed E-state index contributed by atoms with van der Waals surface area (Å²) in [5.74, 6) is -5.17. The summed E-state index contributed by atoms with van der Waals surface area (Å²) in [5, 5.41) is 45.2. The van der Waals surface area contributed by atoms with E-state index in [0.717, 1.165) is 24.6 Å². The summed E-state index contributed by atoms with van der Waals surface area (Å²) in [6.45, 7) is 2.67. The van der Waals surface area contributed by atoms with Crippen LogP contribution in [0.25, 0.3) is 0 Å². The Hall–Kier alpha value is -3.86. The van der Waals surface area contributed by atoms with E-state index in [1.807, 2.05) is 6.92 Å². The number of benzene rings is 2. The Morgan fingerprint density at radius 3 is 2.48 bits per heavy atom. The topological polar surface area (TPSA) is 229 Å². The van der Waals surface area contributed by atoms with Gasteiger partial charge in [0.1, 0.15) is 22.8 Å². The number of carbonyl (C=O) groups is 5. The fraction of sp³-hybridized carbons (Fsp3) is 0.514. The number of aliphatic hydroxyl groups is 2. The van der Waals surface area contributed by atoms with Crippen molar-refractivity contribution in [3.63, 3.8) is 0 Å². The van der Waals surface area contributed by atoms with Crippen LogP contribution in [0.2, 0.25) is 0 Å². The number of unbranched alkanes of at least 4 members (excludes halogenated alkanes) is 2. The van der Waals surface area contributed by atoms with Gasteiger partial charge in [0.2, 0.25) is 11.6 Å². The zero-order valence-electron chi connectivity index (χ0n) is 27.9. The molecule has 2 aliphatic carbocycles. The number of ketones is 3. The molecule has 5 rings (SSSR count). The predicted molar refractivity (Wildman–Crippen MR) is 177 cm³/mol. The van der Waals surface area contributed by atoms with Crippen LogP contribution in [0.3, 0.4) is 0 Å². The molecule has 0 saturated carbocycles. The van der Waals surface area contributed by atoms with E-state index in [1.54, 1.807) is 6.92 Å². The maximum atomic E-state index is 13.9. The number of aromatic hydroxyl groups is 2. The van der Waals surface area contributed by atoms with Crippen molar-refractivity contribution in [1.82, 2.24) is 0 Å². The first-order valence-corrected chi connectivity index (χ1v) is 17.4. The molecule has 15 heteroatoms. The number of ether oxygens (including phenoxy) is 4. The second-order valence-corrected chi connectivity index (χ2v) is 13.8. The number of hydrogen-bond donors (Lipinski definition) is 5. The third-order valence-corrected chi connectivity index (χ3v) is 10.3. The first-order chi connectivity index (χ1) is 23.7. The lowest BCUT2D eigenvalue weighted by atomic mass is 9.72. The molecule has 270 valence electrons. The van der Waals surface area contributed by atoms with Crippen molar-refractivity contribution in [2.24, 2.45) is 5.73 Å². The van der Waals surface area contributed by atoms with Gasteiger partial charge in [-0.15, -0.1) is 0 Å². The maximum absolute atomic E-state index is 13.9. The fourth-order valence-electron chi connectivity index (χ4n) is 6.66. The molecule has 1 heterocycles. The minimum atomic E-state index is -2.37. The lowest BCUT2D eigenvalue weighted by Crippen LogP contribution is -2.53. The standard InChI is InChI=1S/C35H41NO13S/c1-4-5-6-10-24(39)50-15-23(38)47-14-22(37)35(45)12-18-27(21(13-35)49-25-11-19(36)30(40)16(2)48-25)34(44)29-28(32(18)42)31(41)17-8-7-9-20(46-3)26(17)33(29)43/h7-9,16,19,21,25,30,40,42,44-45H,4-6,10-15,36H2,1-3H3/t16?,19?,21-,25?,30?,35-/m0/s1. The van der Waals surface area contributed by atoms with Crippen LogP contribution < -0.4 is 10.5 Å². The molecule has 2 aromatic rings. The number of Topliss-reactive ketones (excluding diaryl/α,β-unsaturated/α-hetero) is 1. The zero-order chi connectivity index (χ0) is 36.5. The number of hydrogen-bond acceptors (Lipinski definition) is 15. The minimum absolute atomic E-state index is 0.0319. The molecule has 50 heavy (non-hydrogen) atoms. The number of nitrogens with two attached hydrogens (primary N) is 1. The molecule has 0 bridgehead atoms. The van der Waals surface area contributed by atoms with Crippen LogP contribution >= 0.6 is 11.8 Å².